The number of carbonyl (C=O) groups is 2. The number of carbonyl (C=O) groups excluding carboxylic acids is 2. The smallest absolute Gasteiger partial charge is 0.410 e. The number of esters is 1. The third-order valence-corrected chi connectivity index (χ3v) is 7.10. The van der Waals surface area contributed by atoms with Gasteiger partial charge in [-0.05, 0) is 78.0 Å². The van der Waals surface area contributed by atoms with E-state index in [2.05, 4.69) is 4.90 Å². The Balaban J connectivity index is 1.75. The van der Waals surface area contributed by atoms with E-state index in [0.29, 0.717) is 31.9 Å². The van der Waals surface area contributed by atoms with Crippen molar-refractivity contribution in [1.29, 1.82) is 0 Å². The Labute approximate surface area is 202 Å². The van der Waals surface area contributed by atoms with Crippen LogP contribution in [0.5, 0.6) is 11.5 Å². The van der Waals surface area contributed by atoms with E-state index in [1.54, 1.807) is 4.90 Å². The van der Waals surface area contributed by atoms with Gasteiger partial charge in [0.15, 0.2) is 5.60 Å². The lowest BCUT2D eigenvalue weighted by molar-refractivity contribution is -0.132. The van der Waals surface area contributed by atoms with Gasteiger partial charge in [0.25, 0.3) is 0 Å². The number of hydrogen-bond acceptors (Lipinski definition) is 6. The van der Waals surface area contributed by atoms with Crippen LogP contribution in [0.1, 0.15) is 63.3 Å². The molecular weight excluding hydrogens is 440 g/mol. The second kappa shape index (κ2) is 9.12. The van der Waals surface area contributed by atoms with Crippen LogP contribution in [0.4, 0.5) is 4.79 Å². The second-order valence-electron chi connectivity index (χ2n) is 10.2. The lowest BCUT2D eigenvalue weighted by Crippen LogP contribution is -2.58. The Bertz CT molecular complexity index is 976. The maximum Gasteiger partial charge on any atom is 0.410 e. The van der Waals surface area contributed by atoms with Crippen molar-refractivity contribution in [2.45, 2.75) is 79.4 Å². The van der Waals surface area contributed by atoms with Gasteiger partial charge >= 0.3 is 12.1 Å². The summed E-state index contributed by atoms with van der Waals surface area (Å²) < 4.78 is 17.6. The van der Waals surface area contributed by atoms with Crippen molar-refractivity contribution >= 4 is 29.3 Å². The Hall–Kier alpha value is -2.35. The topological polar surface area (TPSA) is 68.3 Å². The minimum atomic E-state index is -0.622. The minimum absolute atomic E-state index is 0.285. The van der Waals surface area contributed by atoms with Crippen molar-refractivity contribution in [2.75, 3.05) is 26.2 Å². The highest BCUT2D eigenvalue weighted by molar-refractivity contribution is 7.80. The third kappa shape index (κ3) is 5.26. The summed E-state index contributed by atoms with van der Waals surface area (Å²) >= 11 is 5.92. The Morgan fingerprint density at radius 2 is 1.58 bits per heavy atom. The maximum atomic E-state index is 12.4. The molecule has 0 N–H and O–H groups in total. The zero-order valence-electron chi connectivity index (χ0n) is 21.1. The molecule has 1 aromatic rings. The highest BCUT2D eigenvalue weighted by Crippen LogP contribution is 2.44. The molecule has 1 aromatic carbocycles. The first-order valence-corrected chi connectivity index (χ1v) is 11.9. The first-order chi connectivity index (χ1) is 15.2. The lowest BCUT2D eigenvalue weighted by atomic mass is 9.86. The molecule has 3 rings (SSSR count). The average molecular weight is 477 g/mol. The number of rotatable bonds is 2. The van der Waals surface area contributed by atoms with E-state index in [1.165, 1.54) is 6.92 Å². The highest BCUT2D eigenvalue weighted by atomic mass is 32.1. The van der Waals surface area contributed by atoms with Gasteiger partial charge in [0.05, 0.1) is 0 Å². The first-order valence-electron chi connectivity index (χ1n) is 11.5. The molecule has 33 heavy (non-hydrogen) atoms. The molecule has 2 aliphatic heterocycles. The second-order valence-corrected chi connectivity index (χ2v) is 10.6. The fourth-order valence-corrected chi connectivity index (χ4v) is 4.76. The van der Waals surface area contributed by atoms with Crippen molar-refractivity contribution < 1.29 is 23.8 Å². The van der Waals surface area contributed by atoms with Gasteiger partial charge < -0.3 is 24.0 Å². The molecule has 8 heteroatoms. The summed E-state index contributed by atoms with van der Waals surface area (Å²) in [6.07, 6.45) is 1.23. The average Bonchev–Trinajstić information content (AvgIpc) is 2.73. The Morgan fingerprint density at radius 3 is 2.12 bits per heavy atom. The van der Waals surface area contributed by atoms with Crippen molar-refractivity contribution in [1.82, 2.24) is 9.80 Å². The minimum Gasteiger partial charge on any atom is -0.480 e. The SMILES string of the molecule is CC(=O)Oc1c(C)c(C)c2c(c1C)CCC(C)(C(=S)N1CCN(C(=O)OC(C)(C)C)CC1)O2. The van der Waals surface area contributed by atoms with E-state index >= 15 is 0 Å². The van der Waals surface area contributed by atoms with Crippen molar-refractivity contribution in [3.05, 3.63) is 22.3 Å². The quantitative estimate of drug-likeness (QED) is 0.354. The van der Waals surface area contributed by atoms with Gasteiger partial charge in [-0.1, -0.05) is 12.2 Å². The van der Waals surface area contributed by atoms with Gasteiger partial charge in [-0.15, -0.1) is 0 Å². The number of piperazine rings is 1. The molecule has 1 unspecified atom stereocenters. The molecule has 2 heterocycles. The van der Waals surface area contributed by atoms with Crippen molar-refractivity contribution in [2.24, 2.45) is 0 Å². The van der Waals surface area contributed by atoms with Crippen LogP contribution in [0.15, 0.2) is 0 Å². The number of fused-ring (bicyclic) bond motifs is 1. The summed E-state index contributed by atoms with van der Waals surface area (Å²) in [6.45, 7) is 17.4. The van der Waals surface area contributed by atoms with Crippen LogP contribution in [-0.2, 0) is 16.0 Å². The van der Waals surface area contributed by atoms with Gasteiger partial charge in [-0.3, -0.25) is 4.79 Å². The van der Waals surface area contributed by atoms with Gasteiger partial charge in [0.2, 0.25) is 0 Å². The molecule has 1 atom stereocenters. The molecule has 1 amide bonds. The van der Waals surface area contributed by atoms with Crippen molar-refractivity contribution in [3.63, 3.8) is 0 Å². The third-order valence-electron chi connectivity index (χ3n) is 6.41. The molecule has 0 bridgehead atoms. The van der Waals surface area contributed by atoms with Crippen LogP contribution < -0.4 is 9.47 Å². The monoisotopic (exact) mass is 476 g/mol. The first kappa shape index (κ1) is 25.3. The van der Waals surface area contributed by atoms with Gasteiger partial charge in [-0.25, -0.2) is 4.79 Å². The molecule has 0 saturated carbocycles. The Morgan fingerprint density at radius 1 is 1.00 bits per heavy atom. The number of ether oxygens (including phenoxy) is 3. The van der Waals surface area contributed by atoms with E-state index in [4.69, 9.17) is 26.4 Å². The van der Waals surface area contributed by atoms with Crippen LogP contribution in [-0.4, -0.2) is 64.2 Å². The molecule has 0 radical (unpaired) electrons. The standard InChI is InChI=1S/C25H36N2O5S/c1-15-16(2)21-19(17(3)20(15)30-18(4)28)9-10-25(8,31-21)22(33)26-11-13-27(14-12-26)23(29)32-24(5,6)7/h9-14H2,1-8H3. The van der Waals surface area contributed by atoms with Crippen LogP contribution in [0, 0.1) is 20.8 Å². The molecule has 0 aromatic heterocycles. The summed E-state index contributed by atoms with van der Waals surface area (Å²) in [5, 5.41) is 0. The van der Waals surface area contributed by atoms with Crippen LogP contribution in [0.3, 0.4) is 0 Å². The molecule has 0 aliphatic carbocycles. The van der Waals surface area contributed by atoms with Crippen LogP contribution in [0.25, 0.3) is 0 Å². The summed E-state index contributed by atoms with van der Waals surface area (Å²) in [7, 11) is 0. The zero-order valence-corrected chi connectivity index (χ0v) is 21.9. The molecule has 7 nitrogen and oxygen atoms in total. The summed E-state index contributed by atoms with van der Waals surface area (Å²) in [4.78, 5) is 28.6. The predicted octanol–water partition coefficient (Wildman–Crippen LogP) is 4.50. The predicted molar refractivity (Wildman–Crippen MR) is 131 cm³/mol. The fraction of sp³-hybridized carbons (Fsp3) is 0.640. The normalized spacial score (nSPS) is 20.6. The van der Waals surface area contributed by atoms with Gasteiger partial charge in [0, 0.05) is 38.7 Å². The Kier molecular flexibility index (Phi) is 6.99. The molecule has 182 valence electrons. The van der Waals surface area contributed by atoms with E-state index in [1.807, 2.05) is 48.5 Å². The number of thiocarbonyl (C=S) groups is 1. The zero-order chi connectivity index (χ0) is 24.7. The summed E-state index contributed by atoms with van der Waals surface area (Å²) in [5.41, 5.74) is 2.76. The summed E-state index contributed by atoms with van der Waals surface area (Å²) in [6, 6.07) is 0. The highest BCUT2D eigenvalue weighted by Gasteiger charge is 2.41. The summed E-state index contributed by atoms with van der Waals surface area (Å²) in [5.74, 6) is 1.14. The van der Waals surface area contributed by atoms with E-state index in [9.17, 15) is 9.59 Å². The van der Waals surface area contributed by atoms with E-state index in [0.717, 1.165) is 45.8 Å². The van der Waals surface area contributed by atoms with Crippen LogP contribution in [0.2, 0.25) is 0 Å². The largest absolute Gasteiger partial charge is 0.480 e. The lowest BCUT2D eigenvalue weighted by Gasteiger charge is -2.44. The number of benzene rings is 1. The maximum absolute atomic E-state index is 12.4. The van der Waals surface area contributed by atoms with E-state index in [-0.39, 0.29) is 12.1 Å². The fourth-order valence-electron chi connectivity index (χ4n) is 4.43. The van der Waals surface area contributed by atoms with Gasteiger partial charge in [0.1, 0.15) is 22.1 Å². The van der Waals surface area contributed by atoms with E-state index < -0.39 is 11.2 Å². The number of amides is 1. The number of nitrogens with zero attached hydrogens (tertiary/aromatic N) is 2. The molecule has 1 fully saturated rings. The van der Waals surface area contributed by atoms with Crippen LogP contribution >= 0.6 is 12.2 Å². The molecule has 0 spiro atoms. The molecule has 2 aliphatic rings. The van der Waals surface area contributed by atoms with Gasteiger partial charge in [-0.2, -0.15) is 0 Å². The number of hydrogen-bond donors (Lipinski definition) is 0. The molecular formula is C25H36N2O5S. The van der Waals surface area contributed by atoms with Crippen molar-refractivity contribution in [3.8, 4) is 11.5 Å². The molecule has 1 saturated heterocycles.